The van der Waals surface area contributed by atoms with Crippen molar-refractivity contribution in [3.05, 3.63) is 35.3 Å². The van der Waals surface area contributed by atoms with Gasteiger partial charge in [0.15, 0.2) is 22.3 Å². The number of halogens is 1. The maximum atomic E-state index is 13.8. The third-order valence-electron chi connectivity index (χ3n) is 3.50. The molecule has 0 unspecified atom stereocenters. The van der Waals surface area contributed by atoms with E-state index in [4.69, 9.17) is 21.4 Å². The quantitative estimate of drug-likeness (QED) is 0.489. The van der Waals surface area contributed by atoms with Gasteiger partial charge >= 0.3 is 5.91 Å². The molecule has 1 heterocycles. The van der Waals surface area contributed by atoms with Gasteiger partial charge in [0, 0.05) is 38.3 Å². The van der Waals surface area contributed by atoms with E-state index in [1.807, 2.05) is 0 Å². The summed E-state index contributed by atoms with van der Waals surface area (Å²) in [7, 11) is 3.24. The second-order valence-electron chi connectivity index (χ2n) is 5.25. The van der Waals surface area contributed by atoms with E-state index in [1.54, 1.807) is 33.2 Å². The molecular weight excluding hydrogens is 333 g/mol. The van der Waals surface area contributed by atoms with Crippen molar-refractivity contribution in [3.8, 4) is 0 Å². The van der Waals surface area contributed by atoms with Crippen LogP contribution in [-0.2, 0) is 4.74 Å². The van der Waals surface area contributed by atoms with Gasteiger partial charge in [-0.2, -0.15) is 0 Å². The fraction of sp³-hybridized carbons (Fsp3) is 0.375. The van der Waals surface area contributed by atoms with Gasteiger partial charge in [0.05, 0.1) is 0 Å². The number of hydrazine groups is 1. The molecule has 1 aromatic heterocycles. The van der Waals surface area contributed by atoms with Gasteiger partial charge in [-0.15, -0.1) is 0 Å². The number of hydrogen-bond acceptors (Lipinski definition) is 4. The molecule has 0 aliphatic carbocycles. The van der Waals surface area contributed by atoms with Crippen molar-refractivity contribution in [1.29, 1.82) is 0 Å². The Morgan fingerprint density at radius 2 is 2.21 bits per heavy atom. The molecule has 24 heavy (non-hydrogen) atoms. The van der Waals surface area contributed by atoms with Gasteiger partial charge in [-0.3, -0.25) is 15.2 Å². The summed E-state index contributed by atoms with van der Waals surface area (Å²) in [6.45, 7) is 2.96. The first kappa shape index (κ1) is 18.2. The number of para-hydroxylation sites is 1. The lowest BCUT2D eigenvalue weighted by Gasteiger charge is -2.21. The van der Waals surface area contributed by atoms with E-state index in [0.29, 0.717) is 29.2 Å². The lowest BCUT2D eigenvalue weighted by atomic mass is 10.1. The van der Waals surface area contributed by atoms with E-state index in [0.717, 1.165) is 6.42 Å². The van der Waals surface area contributed by atoms with E-state index in [-0.39, 0.29) is 11.3 Å². The molecule has 8 heteroatoms. The molecule has 0 saturated carbocycles. The second kappa shape index (κ2) is 8.07. The van der Waals surface area contributed by atoms with Gasteiger partial charge in [-0.1, -0.05) is 12.1 Å². The number of methoxy groups -OCH3 is 1. The molecule has 130 valence electrons. The minimum absolute atomic E-state index is 0.0594. The van der Waals surface area contributed by atoms with Crippen LogP contribution >= 0.6 is 12.2 Å². The van der Waals surface area contributed by atoms with Crippen LogP contribution in [0.5, 0.6) is 0 Å². The minimum atomic E-state index is -0.502. The zero-order valence-electron chi connectivity index (χ0n) is 13.8. The Balaban J connectivity index is 2.03. The largest absolute Gasteiger partial charge is 0.447 e. The molecule has 0 atom stereocenters. The maximum absolute atomic E-state index is 13.8. The Morgan fingerprint density at radius 1 is 1.46 bits per heavy atom. The average molecular weight is 353 g/mol. The Kier molecular flexibility index (Phi) is 6.10. The summed E-state index contributed by atoms with van der Waals surface area (Å²) >= 11 is 5.18. The number of aryl methyl sites for hydroxylation is 1. The molecular formula is C16H20FN3O3S. The summed E-state index contributed by atoms with van der Waals surface area (Å²) in [6.07, 6.45) is 0.792. The Hall–Kier alpha value is -2.19. The Bertz CT molecular complexity index is 747. The molecule has 1 amide bonds. The lowest BCUT2D eigenvalue weighted by molar-refractivity contribution is 0.0858. The summed E-state index contributed by atoms with van der Waals surface area (Å²) in [5.41, 5.74) is 3.25. The van der Waals surface area contributed by atoms with Crippen molar-refractivity contribution >= 4 is 34.2 Å². The highest BCUT2D eigenvalue weighted by Gasteiger charge is 2.21. The summed E-state index contributed by atoms with van der Waals surface area (Å²) in [5.74, 6) is -0.936. The van der Waals surface area contributed by atoms with E-state index >= 15 is 0 Å². The van der Waals surface area contributed by atoms with Crippen molar-refractivity contribution in [3.63, 3.8) is 0 Å². The standard InChI is InChI=1S/C16H20FN3O3S/c1-10-11-6-4-7-12(17)14(11)23-13(10)15(21)19-20(2)16(24)18-8-5-9-22-3/h4,6-7H,5,8-9H2,1-3H3,(H,18,24)(H,19,21). The number of ether oxygens (including phenoxy) is 1. The van der Waals surface area contributed by atoms with E-state index < -0.39 is 11.7 Å². The average Bonchev–Trinajstić information content (AvgIpc) is 2.90. The normalized spacial score (nSPS) is 10.7. The smallest absolute Gasteiger partial charge is 0.305 e. The van der Waals surface area contributed by atoms with Crippen LogP contribution in [0.2, 0.25) is 0 Å². The molecule has 1 aromatic carbocycles. The second-order valence-corrected chi connectivity index (χ2v) is 5.64. The molecule has 0 spiro atoms. The van der Waals surface area contributed by atoms with Gasteiger partial charge in [-0.05, 0) is 31.6 Å². The molecule has 0 saturated heterocycles. The molecule has 2 rings (SSSR count). The predicted octanol–water partition coefficient (Wildman–Crippen LogP) is 2.37. The van der Waals surface area contributed by atoms with Gasteiger partial charge in [0.25, 0.3) is 0 Å². The molecule has 0 radical (unpaired) electrons. The highest BCUT2D eigenvalue weighted by molar-refractivity contribution is 7.80. The number of rotatable bonds is 5. The monoisotopic (exact) mass is 353 g/mol. The fourth-order valence-electron chi connectivity index (χ4n) is 2.21. The SMILES string of the molecule is COCCCNC(=S)N(C)NC(=O)c1oc2c(F)cccc2c1C. The van der Waals surface area contributed by atoms with Crippen molar-refractivity contribution < 1.29 is 18.3 Å². The van der Waals surface area contributed by atoms with Crippen molar-refractivity contribution in [2.24, 2.45) is 0 Å². The maximum Gasteiger partial charge on any atom is 0.305 e. The predicted molar refractivity (Wildman–Crippen MR) is 93.2 cm³/mol. The number of benzene rings is 1. The third-order valence-corrected chi connectivity index (χ3v) is 3.92. The Morgan fingerprint density at radius 3 is 2.88 bits per heavy atom. The zero-order valence-corrected chi connectivity index (χ0v) is 14.6. The summed E-state index contributed by atoms with van der Waals surface area (Å²) in [5, 5.41) is 5.31. The molecule has 2 aromatic rings. The van der Waals surface area contributed by atoms with Crippen LogP contribution in [0.15, 0.2) is 22.6 Å². The van der Waals surface area contributed by atoms with Crippen molar-refractivity contribution in [1.82, 2.24) is 15.8 Å². The zero-order chi connectivity index (χ0) is 17.7. The number of nitrogens with zero attached hydrogens (tertiary/aromatic N) is 1. The highest BCUT2D eigenvalue weighted by Crippen LogP contribution is 2.27. The topological polar surface area (TPSA) is 66.7 Å². The number of hydrogen-bond donors (Lipinski definition) is 2. The van der Waals surface area contributed by atoms with E-state index in [1.165, 1.54) is 11.1 Å². The van der Waals surface area contributed by atoms with Crippen LogP contribution in [0.4, 0.5) is 4.39 Å². The van der Waals surface area contributed by atoms with Gasteiger partial charge in [-0.25, -0.2) is 4.39 Å². The number of furan rings is 1. The fourth-order valence-corrected chi connectivity index (χ4v) is 2.36. The number of nitrogens with one attached hydrogen (secondary N) is 2. The van der Waals surface area contributed by atoms with Gasteiger partial charge in [0.1, 0.15) is 0 Å². The van der Waals surface area contributed by atoms with Crippen molar-refractivity contribution in [2.75, 3.05) is 27.3 Å². The van der Waals surface area contributed by atoms with Gasteiger partial charge < -0.3 is 14.5 Å². The third kappa shape index (κ3) is 4.01. The number of carbonyl (C=O) groups excluding carboxylic acids is 1. The van der Waals surface area contributed by atoms with Crippen LogP contribution in [0.3, 0.4) is 0 Å². The number of amides is 1. The van der Waals surface area contributed by atoms with Crippen LogP contribution < -0.4 is 10.7 Å². The number of fused-ring (bicyclic) bond motifs is 1. The molecule has 2 N–H and O–H groups in total. The first-order valence-electron chi connectivity index (χ1n) is 7.44. The minimum Gasteiger partial charge on any atom is -0.447 e. The van der Waals surface area contributed by atoms with Crippen molar-refractivity contribution in [2.45, 2.75) is 13.3 Å². The van der Waals surface area contributed by atoms with Crippen LogP contribution in [0.25, 0.3) is 11.0 Å². The van der Waals surface area contributed by atoms with Gasteiger partial charge in [0.2, 0.25) is 0 Å². The first-order valence-corrected chi connectivity index (χ1v) is 7.85. The summed E-state index contributed by atoms with van der Waals surface area (Å²) < 4.78 is 24.1. The lowest BCUT2D eigenvalue weighted by Crippen LogP contribution is -2.48. The van der Waals surface area contributed by atoms with Crippen LogP contribution in [0, 0.1) is 12.7 Å². The summed E-state index contributed by atoms with van der Waals surface area (Å²) in [4.78, 5) is 12.4. The highest BCUT2D eigenvalue weighted by atomic mass is 32.1. The molecule has 0 bridgehead atoms. The Labute approximate surface area is 144 Å². The van der Waals surface area contributed by atoms with Crippen LogP contribution in [0.1, 0.15) is 22.5 Å². The molecule has 0 aliphatic rings. The van der Waals surface area contributed by atoms with Crippen LogP contribution in [-0.4, -0.2) is 43.3 Å². The number of carbonyl (C=O) groups is 1. The molecule has 0 aliphatic heterocycles. The molecule has 0 fully saturated rings. The molecule has 6 nitrogen and oxygen atoms in total. The summed E-state index contributed by atoms with van der Waals surface area (Å²) in [6, 6.07) is 4.57. The van der Waals surface area contributed by atoms with E-state index in [2.05, 4.69) is 10.7 Å². The number of thiocarbonyl (C=S) groups is 1. The first-order chi connectivity index (χ1) is 11.5. The van der Waals surface area contributed by atoms with E-state index in [9.17, 15) is 9.18 Å².